The maximum Gasteiger partial charge on any atom is 0.231 e. The van der Waals surface area contributed by atoms with Crippen LogP contribution in [0.25, 0.3) is 0 Å². The van der Waals surface area contributed by atoms with Crippen LogP contribution in [-0.2, 0) is 4.79 Å². The van der Waals surface area contributed by atoms with Crippen molar-refractivity contribution in [1.82, 2.24) is 0 Å². The predicted molar refractivity (Wildman–Crippen MR) is 79.2 cm³/mol. The van der Waals surface area contributed by atoms with Gasteiger partial charge in [-0.15, -0.1) is 0 Å². The van der Waals surface area contributed by atoms with E-state index < -0.39 is 5.92 Å². The maximum absolute atomic E-state index is 12.4. The molecule has 4 nitrogen and oxygen atoms in total. The lowest BCUT2D eigenvalue weighted by atomic mass is 9.77. The molecule has 1 aliphatic heterocycles. The molecule has 0 fully saturated rings. The van der Waals surface area contributed by atoms with Gasteiger partial charge in [0.1, 0.15) is 5.92 Å². The van der Waals surface area contributed by atoms with E-state index in [1.807, 2.05) is 6.92 Å². The van der Waals surface area contributed by atoms with Crippen LogP contribution in [0.15, 0.2) is 18.2 Å². The number of nitrogens with zero attached hydrogens (tertiary/aromatic N) is 1. The zero-order chi connectivity index (χ0) is 15.6. The lowest BCUT2D eigenvalue weighted by molar-refractivity contribution is -0.120. The third-order valence-corrected chi connectivity index (χ3v) is 4.17. The topological polar surface area (TPSA) is 59.3 Å². The fourth-order valence-electron chi connectivity index (χ4n) is 2.15. The Morgan fingerprint density at radius 2 is 2.00 bits per heavy atom. The van der Waals surface area contributed by atoms with Crippen molar-refractivity contribution in [2.24, 2.45) is 11.3 Å². The Bertz CT molecular complexity index is 581. The summed E-state index contributed by atoms with van der Waals surface area (Å²) in [5, 5.41) is 9.37. The van der Waals surface area contributed by atoms with Crippen molar-refractivity contribution in [1.29, 1.82) is 5.26 Å². The number of hydrogen-bond donors (Lipinski definition) is 0. The summed E-state index contributed by atoms with van der Waals surface area (Å²) in [6.45, 7) is 8.55. The van der Waals surface area contributed by atoms with E-state index in [1.165, 1.54) is 0 Å². The molecule has 2 rings (SSSR count). The van der Waals surface area contributed by atoms with Crippen molar-refractivity contribution in [2.75, 3.05) is 6.79 Å². The summed E-state index contributed by atoms with van der Waals surface area (Å²) in [4.78, 5) is 12.4. The van der Waals surface area contributed by atoms with Crippen LogP contribution in [0.3, 0.4) is 0 Å². The molecule has 2 unspecified atom stereocenters. The van der Waals surface area contributed by atoms with Gasteiger partial charge in [0.05, 0.1) is 6.07 Å². The van der Waals surface area contributed by atoms with E-state index in [0.29, 0.717) is 23.5 Å². The largest absolute Gasteiger partial charge is 0.454 e. The van der Waals surface area contributed by atoms with Crippen LogP contribution in [0.5, 0.6) is 11.5 Å². The van der Waals surface area contributed by atoms with E-state index in [0.717, 1.165) is 0 Å². The highest BCUT2D eigenvalue weighted by molar-refractivity contribution is 5.88. The van der Waals surface area contributed by atoms with E-state index in [-0.39, 0.29) is 23.9 Å². The minimum atomic E-state index is -0.746. The number of benzene rings is 1. The van der Waals surface area contributed by atoms with E-state index in [9.17, 15) is 10.1 Å². The Kier molecular flexibility index (Phi) is 4.22. The summed E-state index contributed by atoms with van der Waals surface area (Å²) < 4.78 is 10.6. The summed E-state index contributed by atoms with van der Waals surface area (Å²) in [5.41, 5.74) is 0.720. The molecule has 0 saturated heterocycles. The highest BCUT2D eigenvalue weighted by Gasteiger charge is 2.28. The van der Waals surface area contributed by atoms with Crippen molar-refractivity contribution >= 4 is 5.78 Å². The standard InChI is InChI=1S/C17H21NO3/c1-11(17(2,3)4)7-14(19)13(9-18)12-5-6-15-16(8-12)21-10-20-15/h5-6,8,11,13H,7,10H2,1-4H3. The summed E-state index contributed by atoms with van der Waals surface area (Å²) >= 11 is 0. The number of nitriles is 1. The van der Waals surface area contributed by atoms with Crippen molar-refractivity contribution < 1.29 is 14.3 Å². The Hall–Kier alpha value is -2.02. The van der Waals surface area contributed by atoms with Gasteiger partial charge >= 0.3 is 0 Å². The van der Waals surface area contributed by atoms with Crippen LogP contribution < -0.4 is 9.47 Å². The van der Waals surface area contributed by atoms with Gasteiger partial charge in [-0.2, -0.15) is 5.26 Å². The lowest BCUT2D eigenvalue weighted by Gasteiger charge is -2.27. The van der Waals surface area contributed by atoms with Crippen molar-refractivity contribution in [3.63, 3.8) is 0 Å². The molecule has 0 aromatic heterocycles. The third kappa shape index (κ3) is 3.36. The van der Waals surface area contributed by atoms with Gasteiger partial charge < -0.3 is 9.47 Å². The molecule has 0 bridgehead atoms. The summed E-state index contributed by atoms with van der Waals surface area (Å²) in [6.07, 6.45) is 0.399. The van der Waals surface area contributed by atoms with E-state index >= 15 is 0 Å². The molecule has 1 aliphatic rings. The SMILES string of the molecule is CC(CC(=O)C(C#N)c1ccc2c(c1)OCO2)C(C)(C)C. The van der Waals surface area contributed by atoms with Gasteiger partial charge in [0.2, 0.25) is 6.79 Å². The monoisotopic (exact) mass is 287 g/mol. The Morgan fingerprint density at radius 1 is 1.33 bits per heavy atom. The summed E-state index contributed by atoms with van der Waals surface area (Å²) in [7, 11) is 0. The number of rotatable bonds is 4. The molecule has 21 heavy (non-hydrogen) atoms. The zero-order valence-corrected chi connectivity index (χ0v) is 13.0. The molecule has 0 N–H and O–H groups in total. The van der Waals surface area contributed by atoms with Gasteiger partial charge in [-0.25, -0.2) is 0 Å². The molecule has 1 aromatic rings. The highest BCUT2D eigenvalue weighted by Crippen LogP contribution is 2.36. The quantitative estimate of drug-likeness (QED) is 0.847. The normalized spacial score (nSPS) is 16.1. The molecule has 0 spiro atoms. The van der Waals surface area contributed by atoms with Gasteiger partial charge in [0.25, 0.3) is 0 Å². The van der Waals surface area contributed by atoms with Crippen molar-refractivity contribution in [3.05, 3.63) is 23.8 Å². The molecule has 2 atom stereocenters. The number of carbonyl (C=O) groups is 1. The molecular weight excluding hydrogens is 266 g/mol. The molecule has 1 aromatic carbocycles. The van der Waals surface area contributed by atoms with E-state index in [4.69, 9.17) is 9.47 Å². The van der Waals surface area contributed by atoms with Crippen molar-refractivity contribution in [2.45, 2.75) is 40.0 Å². The van der Waals surface area contributed by atoms with Crippen LogP contribution in [0, 0.1) is 22.7 Å². The van der Waals surface area contributed by atoms with Crippen LogP contribution in [-0.4, -0.2) is 12.6 Å². The fraction of sp³-hybridized carbons (Fsp3) is 0.529. The zero-order valence-electron chi connectivity index (χ0n) is 13.0. The number of fused-ring (bicyclic) bond motifs is 1. The number of carbonyl (C=O) groups excluding carboxylic acids is 1. The molecule has 1 heterocycles. The average molecular weight is 287 g/mol. The second kappa shape index (κ2) is 5.77. The third-order valence-electron chi connectivity index (χ3n) is 4.17. The fourth-order valence-corrected chi connectivity index (χ4v) is 2.15. The van der Waals surface area contributed by atoms with Crippen molar-refractivity contribution in [3.8, 4) is 17.6 Å². The van der Waals surface area contributed by atoms with Gasteiger partial charge in [0, 0.05) is 6.42 Å². The molecule has 0 radical (unpaired) electrons. The Labute approximate surface area is 125 Å². The summed E-state index contributed by atoms with van der Waals surface area (Å²) in [5.74, 6) is 0.688. The van der Waals surface area contributed by atoms with E-state index in [1.54, 1.807) is 18.2 Å². The molecule has 0 saturated carbocycles. The predicted octanol–water partition coefficient (Wildman–Crippen LogP) is 3.66. The Morgan fingerprint density at radius 3 is 2.62 bits per heavy atom. The number of ketones is 1. The van der Waals surface area contributed by atoms with Gasteiger partial charge in [-0.3, -0.25) is 4.79 Å². The minimum Gasteiger partial charge on any atom is -0.454 e. The molecule has 112 valence electrons. The molecule has 0 aliphatic carbocycles. The van der Waals surface area contributed by atoms with Crippen LogP contribution in [0.4, 0.5) is 0 Å². The second-order valence-electron chi connectivity index (χ2n) is 6.61. The Balaban J connectivity index is 2.16. The van der Waals surface area contributed by atoms with Gasteiger partial charge in [-0.1, -0.05) is 33.8 Å². The lowest BCUT2D eigenvalue weighted by Crippen LogP contribution is -2.23. The molecule has 4 heteroatoms. The molecule has 0 amide bonds. The van der Waals surface area contributed by atoms with E-state index in [2.05, 4.69) is 26.8 Å². The smallest absolute Gasteiger partial charge is 0.231 e. The van der Waals surface area contributed by atoms with Crippen LogP contribution >= 0.6 is 0 Å². The van der Waals surface area contributed by atoms with Crippen LogP contribution in [0.1, 0.15) is 45.6 Å². The average Bonchev–Trinajstić information content (AvgIpc) is 2.85. The first kappa shape index (κ1) is 15.4. The van der Waals surface area contributed by atoms with Gasteiger partial charge in [-0.05, 0) is 29.0 Å². The summed E-state index contributed by atoms with van der Waals surface area (Å²) in [6, 6.07) is 7.37. The first-order valence-corrected chi connectivity index (χ1v) is 7.15. The van der Waals surface area contributed by atoms with Gasteiger partial charge in [0.15, 0.2) is 17.3 Å². The number of ether oxygens (including phenoxy) is 2. The second-order valence-corrected chi connectivity index (χ2v) is 6.61. The van der Waals surface area contributed by atoms with Crippen LogP contribution in [0.2, 0.25) is 0 Å². The first-order chi connectivity index (χ1) is 9.82. The molecular formula is C17H21NO3. The highest BCUT2D eigenvalue weighted by atomic mass is 16.7. The maximum atomic E-state index is 12.4. The number of hydrogen-bond acceptors (Lipinski definition) is 4. The minimum absolute atomic E-state index is 0.0428. The number of Topliss-reactive ketones (excluding diaryl/α,β-unsaturated/α-hetero) is 1. The first-order valence-electron chi connectivity index (χ1n) is 7.15.